The van der Waals surface area contributed by atoms with Crippen molar-refractivity contribution in [2.45, 2.75) is 65.7 Å². The lowest BCUT2D eigenvalue weighted by molar-refractivity contribution is -0.134. The highest BCUT2D eigenvalue weighted by molar-refractivity contribution is 5.91. The van der Waals surface area contributed by atoms with Gasteiger partial charge < -0.3 is 5.11 Å². The van der Waals surface area contributed by atoms with Crippen LogP contribution in [0.2, 0.25) is 0 Å². The first-order chi connectivity index (χ1) is 11.8. The minimum atomic E-state index is -0.307. The van der Waals surface area contributed by atoms with Gasteiger partial charge in [0.15, 0.2) is 11.6 Å². The van der Waals surface area contributed by atoms with Gasteiger partial charge in [0, 0.05) is 12.3 Å². The Bertz CT molecular complexity index is 635. The summed E-state index contributed by atoms with van der Waals surface area (Å²) in [5, 5.41) is 9.48. The molecular formula is C22H32O3. The SMILES string of the molecule is C[C@H]1C[C@H]2[C@@H]3CCC4=CC(=O)CC[C@]4(C)[C@H]3CC[C@]2(C)[C@H]1C(=O)CO. The summed E-state index contributed by atoms with van der Waals surface area (Å²) in [5.41, 5.74) is 1.66. The summed E-state index contributed by atoms with van der Waals surface area (Å²) in [7, 11) is 0. The third-order valence-corrected chi connectivity index (χ3v) is 8.81. The number of Topliss-reactive ketones (excluding diaryl/α,β-unsaturated/α-hetero) is 1. The van der Waals surface area contributed by atoms with Crippen molar-refractivity contribution in [1.82, 2.24) is 0 Å². The van der Waals surface area contributed by atoms with Gasteiger partial charge in [0.1, 0.15) is 6.61 Å². The molecule has 3 fully saturated rings. The molecule has 138 valence electrons. The summed E-state index contributed by atoms with van der Waals surface area (Å²) >= 11 is 0. The van der Waals surface area contributed by atoms with Crippen molar-refractivity contribution in [2.24, 2.45) is 40.4 Å². The lowest BCUT2D eigenvalue weighted by atomic mass is 9.46. The maximum atomic E-state index is 12.5. The quantitative estimate of drug-likeness (QED) is 0.825. The highest BCUT2D eigenvalue weighted by Gasteiger charge is 2.61. The predicted molar refractivity (Wildman–Crippen MR) is 96.8 cm³/mol. The zero-order chi connectivity index (χ0) is 18.0. The highest BCUT2D eigenvalue weighted by atomic mass is 16.3. The maximum absolute atomic E-state index is 12.5. The van der Waals surface area contributed by atoms with Gasteiger partial charge in [-0.3, -0.25) is 9.59 Å². The molecule has 0 radical (unpaired) electrons. The highest BCUT2D eigenvalue weighted by Crippen LogP contribution is 2.67. The minimum absolute atomic E-state index is 0.0288. The van der Waals surface area contributed by atoms with E-state index in [4.69, 9.17) is 0 Å². The Hall–Kier alpha value is -0.960. The molecule has 4 rings (SSSR count). The molecule has 0 bridgehead atoms. The molecule has 0 saturated heterocycles. The molecule has 1 N–H and O–H groups in total. The van der Waals surface area contributed by atoms with E-state index in [1.165, 1.54) is 18.4 Å². The molecule has 3 saturated carbocycles. The van der Waals surface area contributed by atoms with Crippen LogP contribution in [-0.2, 0) is 9.59 Å². The van der Waals surface area contributed by atoms with Crippen molar-refractivity contribution in [2.75, 3.05) is 6.61 Å². The van der Waals surface area contributed by atoms with Crippen LogP contribution in [0.3, 0.4) is 0 Å². The lowest BCUT2D eigenvalue weighted by Gasteiger charge is -2.58. The fourth-order valence-corrected chi connectivity index (χ4v) is 7.71. The van der Waals surface area contributed by atoms with Gasteiger partial charge in [-0.25, -0.2) is 0 Å². The van der Waals surface area contributed by atoms with E-state index in [1.807, 2.05) is 6.08 Å². The van der Waals surface area contributed by atoms with Crippen LogP contribution in [0.5, 0.6) is 0 Å². The van der Waals surface area contributed by atoms with Crippen molar-refractivity contribution in [3.05, 3.63) is 11.6 Å². The molecule has 0 aliphatic heterocycles. The molecule has 4 aliphatic rings. The molecule has 25 heavy (non-hydrogen) atoms. The smallest absolute Gasteiger partial charge is 0.162 e. The first-order valence-corrected chi connectivity index (χ1v) is 10.2. The first-order valence-electron chi connectivity index (χ1n) is 10.2. The Morgan fingerprint density at radius 1 is 1.20 bits per heavy atom. The van der Waals surface area contributed by atoms with Gasteiger partial charge in [-0.05, 0) is 79.1 Å². The van der Waals surface area contributed by atoms with Gasteiger partial charge in [0.2, 0.25) is 0 Å². The van der Waals surface area contributed by atoms with Crippen molar-refractivity contribution >= 4 is 11.6 Å². The number of allylic oxidation sites excluding steroid dienone is 1. The molecule has 0 aromatic carbocycles. The van der Waals surface area contributed by atoms with Crippen LogP contribution in [0.4, 0.5) is 0 Å². The van der Waals surface area contributed by atoms with E-state index in [0.29, 0.717) is 35.9 Å². The van der Waals surface area contributed by atoms with E-state index in [2.05, 4.69) is 20.8 Å². The van der Waals surface area contributed by atoms with Gasteiger partial charge in [-0.2, -0.15) is 0 Å². The molecule has 0 amide bonds. The van der Waals surface area contributed by atoms with Crippen molar-refractivity contribution in [1.29, 1.82) is 0 Å². The van der Waals surface area contributed by atoms with E-state index in [0.717, 1.165) is 25.7 Å². The molecule has 0 aromatic rings. The van der Waals surface area contributed by atoms with Crippen molar-refractivity contribution in [3.63, 3.8) is 0 Å². The van der Waals surface area contributed by atoms with Crippen LogP contribution >= 0.6 is 0 Å². The van der Waals surface area contributed by atoms with E-state index in [-0.39, 0.29) is 29.1 Å². The van der Waals surface area contributed by atoms with Gasteiger partial charge in [0.25, 0.3) is 0 Å². The number of aliphatic hydroxyl groups is 1. The van der Waals surface area contributed by atoms with Gasteiger partial charge in [0.05, 0.1) is 0 Å². The molecule has 0 unspecified atom stereocenters. The van der Waals surface area contributed by atoms with Crippen molar-refractivity contribution in [3.8, 4) is 0 Å². The van der Waals surface area contributed by atoms with E-state index >= 15 is 0 Å². The number of rotatable bonds is 2. The summed E-state index contributed by atoms with van der Waals surface area (Å²) < 4.78 is 0. The summed E-state index contributed by atoms with van der Waals surface area (Å²) in [6, 6.07) is 0. The standard InChI is InChI=1S/C22H32O3/c1-13-10-18-16-5-4-14-11-15(24)6-8-21(14,2)17(16)7-9-22(18,3)20(13)19(25)12-23/h11,13,16-18,20,23H,4-10,12H2,1-3H3/t13-,16+,17-,18-,20+,21-,22-/m0/s1. The molecule has 3 nitrogen and oxygen atoms in total. The second-order valence-electron chi connectivity index (χ2n) is 9.83. The zero-order valence-electron chi connectivity index (χ0n) is 15.9. The molecule has 0 spiro atoms. The summed E-state index contributed by atoms with van der Waals surface area (Å²) in [6.07, 6.45) is 9.29. The molecule has 0 aromatic heterocycles. The van der Waals surface area contributed by atoms with Crippen LogP contribution in [-0.4, -0.2) is 23.3 Å². The number of fused-ring (bicyclic) bond motifs is 5. The van der Waals surface area contributed by atoms with Crippen LogP contribution in [0.1, 0.15) is 65.7 Å². The van der Waals surface area contributed by atoms with Crippen LogP contribution < -0.4 is 0 Å². The van der Waals surface area contributed by atoms with Crippen LogP contribution in [0.25, 0.3) is 0 Å². The van der Waals surface area contributed by atoms with E-state index in [9.17, 15) is 14.7 Å². The fourth-order valence-electron chi connectivity index (χ4n) is 7.71. The second-order valence-corrected chi connectivity index (χ2v) is 9.83. The van der Waals surface area contributed by atoms with Crippen molar-refractivity contribution < 1.29 is 14.7 Å². The number of aliphatic hydroxyl groups excluding tert-OH is 1. The van der Waals surface area contributed by atoms with Crippen LogP contribution in [0.15, 0.2) is 11.6 Å². The second kappa shape index (κ2) is 5.77. The number of ketones is 2. The maximum Gasteiger partial charge on any atom is 0.162 e. The third-order valence-electron chi connectivity index (χ3n) is 8.81. The fraction of sp³-hybridized carbons (Fsp3) is 0.818. The number of hydrogen-bond donors (Lipinski definition) is 1. The third kappa shape index (κ3) is 2.34. The van der Waals surface area contributed by atoms with Gasteiger partial charge in [-0.15, -0.1) is 0 Å². The molecule has 0 heterocycles. The van der Waals surface area contributed by atoms with Gasteiger partial charge in [-0.1, -0.05) is 26.3 Å². The summed E-state index contributed by atoms with van der Waals surface area (Å²) in [6.45, 7) is 6.64. The Labute approximate surface area is 151 Å². The Balaban J connectivity index is 1.67. The zero-order valence-corrected chi connectivity index (χ0v) is 15.9. The normalized spacial score (nSPS) is 49.0. The summed E-state index contributed by atoms with van der Waals surface area (Å²) in [4.78, 5) is 24.4. The average molecular weight is 344 g/mol. The topological polar surface area (TPSA) is 54.4 Å². The first kappa shape index (κ1) is 17.5. The number of carbonyl (C=O) groups excluding carboxylic acids is 2. The van der Waals surface area contributed by atoms with E-state index < -0.39 is 0 Å². The number of hydrogen-bond acceptors (Lipinski definition) is 3. The molecule has 7 atom stereocenters. The van der Waals surface area contributed by atoms with Crippen LogP contribution in [0, 0.1) is 40.4 Å². The molecule has 3 heteroatoms. The lowest BCUT2D eigenvalue weighted by Crippen LogP contribution is -2.51. The summed E-state index contributed by atoms with van der Waals surface area (Å²) in [5.74, 6) is 2.71. The Morgan fingerprint density at radius 2 is 1.96 bits per heavy atom. The van der Waals surface area contributed by atoms with E-state index in [1.54, 1.807) is 0 Å². The number of carbonyl (C=O) groups is 2. The Morgan fingerprint density at radius 3 is 2.68 bits per heavy atom. The Kier molecular flexibility index (Phi) is 4.03. The molecular weight excluding hydrogens is 312 g/mol. The average Bonchev–Trinajstić information content (AvgIpc) is 2.85. The predicted octanol–water partition coefficient (Wildman–Crippen LogP) is 3.94. The monoisotopic (exact) mass is 344 g/mol. The van der Waals surface area contributed by atoms with Gasteiger partial charge >= 0.3 is 0 Å². The molecule has 4 aliphatic carbocycles. The minimum Gasteiger partial charge on any atom is -0.389 e. The largest absolute Gasteiger partial charge is 0.389 e.